The molecular formula is C16H20N4O. The van der Waals surface area contributed by atoms with Crippen molar-refractivity contribution in [1.82, 2.24) is 9.97 Å². The van der Waals surface area contributed by atoms with Gasteiger partial charge in [-0.15, -0.1) is 0 Å². The van der Waals surface area contributed by atoms with Gasteiger partial charge in [0.1, 0.15) is 11.6 Å². The van der Waals surface area contributed by atoms with Crippen molar-refractivity contribution in [2.45, 2.75) is 6.92 Å². The quantitative estimate of drug-likeness (QED) is 0.863. The van der Waals surface area contributed by atoms with E-state index in [-0.39, 0.29) is 0 Å². The second-order valence-electron chi connectivity index (χ2n) is 5.19. The highest BCUT2D eigenvalue weighted by Gasteiger charge is 2.18. The summed E-state index contributed by atoms with van der Waals surface area (Å²) in [6.07, 6.45) is 3.63. The maximum atomic E-state index is 5.29. The second kappa shape index (κ2) is 5.99. The molecule has 2 heterocycles. The molecule has 0 radical (unpaired) electrons. The normalized spacial score (nSPS) is 15.1. The van der Waals surface area contributed by atoms with Crippen LogP contribution in [-0.4, -0.2) is 43.3 Å². The Morgan fingerprint density at radius 2 is 1.81 bits per heavy atom. The third-order valence-corrected chi connectivity index (χ3v) is 3.76. The highest BCUT2D eigenvalue weighted by molar-refractivity contribution is 5.52. The van der Waals surface area contributed by atoms with Crippen LogP contribution in [0.15, 0.2) is 36.7 Å². The van der Waals surface area contributed by atoms with E-state index in [9.17, 15) is 0 Å². The fraction of sp³-hybridized carbons (Fsp3) is 0.375. The molecule has 0 unspecified atom stereocenters. The monoisotopic (exact) mass is 284 g/mol. The van der Waals surface area contributed by atoms with Crippen LogP contribution in [0.5, 0.6) is 5.75 Å². The van der Waals surface area contributed by atoms with E-state index in [4.69, 9.17) is 4.74 Å². The Balaban J connectivity index is 1.67. The van der Waals surface area contributed by atoms with Gasteiger partial charge in [-0.25, -0.2) is 4.98 Å². The molecule has 1 aliphatic rings. The molecule has 1 aliphatic heterocycles. The first kappa shape index (κ1) is 13.7. The predicted octanol–water partition coefficient (Wildman–Crippen LogP) is 2.12. The summed E-state index contributed by atoms with van der Waals surface area (Å²) >= 11 is 0. The van der Waals surface area contributed by atoms with Crippen LogP contribution in [0.4, 0.5) is 11.5 Å². The number of nitrogens with zero attached hydrogens (tertiary/aromatic N) is 4. The minimum absolute atomic E-state index is 0.902. The standard InChI is InChI=1S/C16H20N4O/c1-13-11-17-12-16(18-13)20-8-6-19(7-9-20)14-4-3-5-15(10-14)21-2/h3-5,10-12H,6-9H2,1-2H3. The van der Waals surface area contributed by atoms with E-state index in [2.05, 4.69) is 31.9 Å². The summed E-state index contributed by atoms with van der Waals surface area (Å²) in [6, 6.07) is 8.22. The number of aryl methyl sites for hydroxylation is 1. The average molecular weight is 284 g/mol. The zero-order valence-electron chi connectivity index (χ0n) is 12.5. The number of benzene rings is 1. The van der Waals surface area contributed by atoms with Gasteiger partial charge in [0.25, 0.3) is 0 Å². The zero-order valence-corrected chi connectivity index (χ0v) is 12.5. The molecule has 0 spiro atoms. The van der Waals surface area contributed by atoms with Crippen LogP contribution in [0, 0.1) is 6.92 Å². The van der Waals surface area contributed by atoms with Crippen molar-refractivity contribution in [3.05, 3.63) is 42.4 Å². The lowest BCUT2D eigenvalue weighted by atomic mass is 10.2. The molecule has 1 aromatic heterocycles. The molecule has 0 atom stereocenters. The number of hydrogen-bond acceptors (Lipinski definition) is 5. The van der Waals surface area contributed by atoms with E-state index >= 15 is 0 Å². The summed E-state index contributed by atoms with van der Waals surface area (Å²) in [4.78, 5) is 13.4. The van der Waals surface area contributed by atoms with E-state index in [0.29, 0.717) is 0 Å². The molecule has 0 amide bonds. The second-order valence-corrected chi connectivity index (χ2v) is 5.19. The Labute approximate surface area is 125 Å². The van der Waals surface area contributed by atoms with Crippen LogP contribution in [0.1, 0.15) is 5.69 Å². The molecule has 21 heavy (non-hydrogen) atoms. The van der Waals surface area contributed by atoms with Gasteiger partial charge in [-0.3, -0.25) is 4.98 Å². The number of aromatic nitrogens is 2. The molecule has 1 aromatic carbocycles. The van der Waals surface area contributed by atoms with Gasteiger partial charge in [0.15, 0.2) is 0 Å². The van der Waals surface area contributed by atoms with E-state index in [1.54, 1.807) is 13.3 Å². The zero-order chi connectivity index (χ0) is 14.7. The molecule has 110 valence electrons. The van der Waals surface area contributed by atoms with Crippen molar-refractivity contribution in [2.24, 2.45) is 0 Å². The Morgan fingerprint density at radius 1 is 1.05 bits per heavy atom. The Kier molecular flexibility index (Phi) is 3.90. The van der Waals surface area contributed by atoms with Crippen molar-refractivity contribution in [3.63, 3.8) is 0 Å². The first-order valence-electron chi connectivity index (χ1n) is 7.19. The number of rotatable bonds is 3. The minimum atomic E-state index is 0.902. The van der Waals surface area contributed by atoms with Crippen LogP contribution in [-0.2, 0) is 0 Å². The molecule has 2 aromatic rings. The predicted molar refractivity (Wildman–Crippen MR) is 84.2 cm³/mol. The summed E-state index contributed by atoms with van der Waals surface area (Å²) in [5.41, 5.74) is 2.17. The number of anilines is 2. The maximum Gasteiger partial charge on any atom is 0.147 e. The summed E-state index contributed by atoms with van der Waals surface area (Å²) in [7, 11) is 1.70. The topological polar surface area (TPSA) is 41.5 Å². The Bertz CT molecular complexity index is 609. The molecule has 0 aliphatic carbocycles. The van der Waals surface area contributed by atoms with Gasteiger partial charge in [-0.05, 0) is 19.1 Å². The molecule has 5 nitrogen and oxygen atoms in total. The lowest BCUT2D eigenvalue weighted by molar-refractivity contribution is 0.414. The largest absolute Gasteiger partial charge is 0.497 e. The third-order valence-electron chi connectivity index (χ3n) is 3.76. The molecular weight excluding hydrogens is 264 g/mol. The summed E-state index contributed by atoms with van der Waals surface area (Å²) in [5.74, 6) is 1.87. The smallest absolute Gasteiger partial charge is 0.147 e. The summed E-state index contributed by atoms with van der Waals surface area (Å²) in [6.45, 7) is 5.83. The Morgan fingerprint density at radius 3 is 2.52 bits per heavy atom. The molecule has 1 saturated heterocycles. The Hall–Kier alpha value is -2.30. The number of methoxy groups -OCH3 is 1. The lowest BCUT2D eigenvalue weighted by Gasteiger charge is -2.36. The van der Waals surface area contributed by atoms with Crippen molar-refractivity contribution >= 4 is 11.5 Å². The molecule has 0 saturated carbocycles. The first-order chi connectivity index (χ1) is 10.3. The van der Waals surface area contributed by atoms with Gasteiger partial charge in [0, 0.05) is 44.1 Å². The lowest BCUT2D eigenvalue weighted by Crippen LogP contribution is -2.46. The molecule has 3 rings (SSSR count). The summed E-state index contributed by atoms with van der Waals surface area (Å²) in [5, 5.41) is 0. The molecule has 0 bridgehead atoms. The van der Waals surface area contributed by atoms with Gasteiger partial charge in [-0.2, -0.15) is 0 Å². The molecule has 1 fully saturated rings. The van der Waals surface area contributed by atoms with Crippen LogP contribution < -0.4 is 14.5 Å². The van der Waals surface area contributed by atoms with Gasteiger partial charge >= 0.3 is 0 Å². The fourth-order valence-corrected chi connectivity index (χ4v) is 2.60. The van der Waals surface area contributed by atoms with Crippen molar-refractivity contribution in [2.75, 3.05) is 43.1 Å². The van der Waals surface area contributed by atoms with Crippen LogP contribution in [0.2, 0.25) is 0 Å². The summed E-state index contributed by atoms with van der Waals surface area (Å²) < 4.78 is 5.29. The maximum absolute atomic E-state index is 5.29. The van der Waals surface area contributed by atoms with E-state index in [0.717, 1.165) is 43.4 Å². The SMILES string of the molecule is COc1cccc(N2CCN(c3cncc(C)n3)CC2)c1. The van der Waals surface area contributed by atoms with Gasteiger partial charge in [-0.1, -0.05) is 6.07 Å². The van der Waals surface area contributed by atoms with Gasteiger partial charge < -0.3 is 14.5 Å². The molecule has 5 heteroatoms. The van der Waals surface area contributed by atoms with E-state index in [1.165, 1.54) is 5.69 Å². The van der Waals surface area contributed by atoms with Crippen LogP contribution >= 0.6 is 0 Å². The highest BCUT2D eigenvalue weighted by Crippen LogP contribution is 2.23. The number of hydrogen-bond donors (Lipinski definition) is 0. The van der Waals surface area contributed by atoms with Crippen molar-refractivity contribution < 1.29 is 4.74 Å². The number of ether oxygens (including phenoxy) is 1. The minimum Gasteiger partial charge on any atom is -0.497 e. The van der Waals surface area contributed by atoms with Gasteiger partial charge in [0.2, 0.25) is 0 Å². The first-order valence-corrected chi connectivity index (χ1v) is 7.19. The average Bonchev–Trinajstić information content (AvgIpc) is 2.55. The fourth-order valence-electron chi connectivity index (χ4n) is 2.60. The van der Waals surface area contributed by atoms with E-state index in [1.807, 2.05) is 25.3 Å². The van der Waals surface area contributed by atoms with Crippen molar-refractivity contribution in [3.8, 4) is 5.75 Å². The van der Waals surface area contributed by atoms with Crippen LogP contribution in [0.25, 0.3) is 0 Å². The molecule has 0 N–H and O–H groups in total. The third kappa shape index (κ3) is 3.07. The van der Waals surface area contributed by atoms with E-state index < -0.39 is 0 Å². The van der Waals surface area contributed by atoms with Crippen molar-refractivity contribution in [1.29, 1.82) is 0 Å². The van der Waals surface area contributed by atoms with Gasteiger partial charge in [0.05, 0.1) is 19.0 Å². The highest BCUT2D eigenvalue weighted by atomic mass is 16.5. The van der Waals surface area contributed by atoms with Crippen LogP contribution in [0.3, 0.4) is 0 Å². The number of piperazine rings is 1.